The van der Waals surface area contributed by atoms with Crippen LogP contribution in [0.4, 0.5) is 5.69 Å². The molecule has 4 rings (SSSR count). The molecule has 116 valence electrons. The molecule has 1 aliphatic heterocycles. The van der Waals surface area contributed by atoms with Crippen LogP contribution in [0.1, 0.15) is 0 Å². The molecule has 5 heteroatoms. The highest BCUT2D eigenvalue weighted by molar-refractivity contribution is 8.00. The number of pyridine rings is 2. The summed E-state index contributed by atoms with van der Waals surface area (Å²) in [4.78, 5) is 8.29. The molecule has 3 aromatic rings. The molecular weight excluding hydrogens is 306 g/mol. The van der Waals surface area contributed by atoms with Gasteiger partial charge in [0.2, 0.25) is 0 Å². The maximum absolute atomic E-state index is 5.31. The molecular formula is C18H17N3OS. The van der Waals surface area contributed by atoms with Gasteiger partial charge in [0.05, 0.1) is 18.2 Å². The minimum Gasteiger partial charge on any atom is -0.497 e. The fourth-order valence-corrected chi connectivity index (χ4v) is 3.91. The summed E-state index contributed by atoms with van der Waals surface area (Å²) in [5, 5.41) is 0.986. The minimum absolute atomic E-state index is 0.0447. The largest absolute Gasteiger partial charge is 0.497 e. The molecule has 0 saturated carbocycles. The third-order valence-corrected chi connectivity index (χ3v) is 5.21. The molecule has 0 aliphatic carbocycles. The molecule has 1 aliphatic rings. The maximum Gasteiger partial charge on any atom is 0.174 e. The Morgan fingerprint density at radius 2 is 2.00 bits per heavy atom. The zero-order chi connectivity index (χ0) is 15.8. The number of fused-ring (bicyclic) bond motifs is 2. The molecule has 0 N–H and O–H groups in total. The molecule has 1 aromatic carbocycles. The topological polar surface area (TPSA) is 29.2 Å². The Kier molecular flexibility index (Phi) is 3.50. The maximum atomic E-state index is 5.31. The van der Waals surface area contributed by atoms with Crippen molar-refractivity contribution in [3.05, 3.63) is 66.3 Å². The third-order valence-electron chi connectivity index (χ3n) is 3.99. The van der Waals surface area contributed by atoms with Gasteiger partial charge in [0.25, 0.3) is 0 Å². The second-order valence-corrected chi connectivity index (χ2v) is 6.53. The number of nitrogens with zero attached hydrogens (tertiary/aromatic N) is 3. The van der Waals surface area contributed by atoms with Crippen LogP contribution in [0.3, 0.4) is 0 Å². The van der Waals surface area contributed by atoms with Gasteiger partial charge in [-0.25, -0.2) is 4.99 Å². The minimum atomic E-state index is 0.0447. The number of benzene rings is 1. The van der Waals surface area contributed by atoms with E-state index in [-0.39, 0.29) is 5.50 Å². The van der Waals surface area contributed by atoms with Crippen LogP contribution in [0.25, 0.3) is 5.52 Å². The highest BCUT2D eigenvalue weighted by Gasteiger charge is 2.26. The SMILES string of the molecule is COc1ccc2c(c1)SC(/N=c1\ccn3ccccc3c1)N2C. The Labute approximate surface area is 139 Å². The summed E-state index contributed by atoms with van der Waals surface area (Å²) in [7, 11) is 3.77. The Bertz CT molecular complexity index is 935. The summed E-state index contributed by atoms with van der Waals surface area (Å²) in [5.41, 5.74) is 2.38. The zero-order valence-corrected chi connectivity index (χ0v) is 13.8. The van der Waals surface area contributed by atoms with Gasteiger partial charge in [-0.2, -0.15) is 0 Å². The van der Waals surface area contributed by atoms with Crippen LogP contribution >= 0.6 is 11.8 Å². The summed E-state index contributed by atoms with van der Waals surface area (Å²) in [5.74, 6) is 0.882. The van der Waals surface area contributed by atoms with Crippen molar-refractivity contribution in [3.8, 4) is 5.75 Å². The van der Waals surface area contributed by atoms with Crippen LogP contribution in [0.2, 0.25) is 0 Å². The first kappa shape index (κ1) is 14.2. The third kappa shape index (κ3) is 2.57. The number of aromatic nitrogens is 1. The normalized spacial score (nSPS) is 17.6. The van der Waals surface area contributed by atoms with Crippen LogP contribution < -0.4 is 15.0 Å². The van der Waals surface area contributed by atoms with E-state index in [1.165, 1.54) is 10.6 Å². The molecule has 4 nitrogen and oxygen atoms in total. The Morgan fingerprint density at radius 1 is 1.09 bits per heavy atom. The van der Waals surface area contributed by atoms with Crippen LogP contribution in [-0.4, -0.2) is 24.1 Å². The van der Waals surface area contributed by atoms with E-state index < -0.39 is 0 Å². The van der Waals surface area contributed by atoms with Gasteiger partial charge in [-0.15, -0.1) is 0 Å². The fourth-order valence-electron chi connectivity index (χ4n) is 2.72. The molecule has 0 spiro atoms. The molecule has 23 heavy (non-hydrogen) atoms. The summed E-state index contributed by atoms with van der Waals surface area (Å²) >= 11 is 1.75. The average Bonchev–Trinajstić information content (AvgIpc) is 2.90. The van der Waals surface area contributed by atoms with Gasteiger partial charge in [-0.05, 0) is 42.5 Å². The van der Waals surface area contributed by atoms with Crippen LogP contribution in [-0.2, 0) is 0 Å². The predicted octanol–water partition coefficient (Wildman–Crippen LogP) is 3.37. The van der Waals surface area contributed by atoms with Crippen molar-refractivity contribution in [1.29, 1.82) is 0 Å². The first-order valence-corrected chi connectivity index (χ1v) is 8.31. The van der Waals surface area contributed by atoms with Crippen molar-refractivity contribution < 1.29 is 4.74 Å². The molecule has 0 radical (unpaired) electrons. The lowest BCUT2D eigenvalue weighted by atomic mass is 10.3. The molecule has 2 aromatic heterocycles. The van der Waals surface area contributed by atoms with Crippen LogP contribution in [0, 0.1) is 0 Å². The lowest BCUT2D eigenvalue weighted by Crippen LogP contribution is -2.24. The summed E-state index contributed by atoms with van der Waals surface area (Å²) in [6, 6.07) is 16.5. The first-order valence-electron chi connectivity index (χ1n) is 7.43. The molecule has 0 amide bonds. The quantitative estimate of drug-likeness (QED) is 0.724. The van der Waals surface area contributed by atoms with Crippen molar-refractivity contribution >= 4 is 23.0 Å². The van der Waals surface area contributed by atoms with Crippen molar-refractivity contribution in [2.45, 2.75) is 10.4 Å². The Morgan fingerprint density at radius 3 is 2.87 bits per heavy atom. The highest BCUT2D eigenvalue weighted by Crippen LogP contribution is 2.44. The first-order chi connectivity index (χ1) is 11.2. The van der Waals surface area contributed by atoms with Gasteiger partial charge in [0.15, 0.2) is 5.50 Å². The molecule has 0 saturated heterocycles. The smallest absolute Gasteiger partial charge is 0.174 e. The van der Waals surface area contributed by atoms with E-state index in [9.17, 15) is 0 Å². The number of hydrogen-bond acceptors (Lipinski definition) is 4. The molecule has 1 atom stereocenters. The summed E-state index contributed by atoms with van der Waals surface area (Å²) in [6.07, 6.45) is 4.08. The number of thioether (sulfide) groups is 1. The number of anilines is 1. The van der Waals surface area contributed by atoms with Crippen molar-refractivity contribution in [1.82, 2.24) is 4.40 Å². The second kappa shape index (κ2) is 5.66. The van der Waals surface area contributed by atoms with E-state index in [2.05, 4.69) is 40.6 Å². The Hall–Kier alpha value is -2.40. The van der Waals surface area contributed by atoms with Gasteiger partial charge in [0, 0.05) is 29.9 Å². The molecule has 3 heterocycles. The average molecular weight is 323 g/mol. The predicted molar refractivity (Wildman–Crippen MR) is 94.0 cm³/mol. The van der Waals surface area contributed by atoms with E-state index in [0.717, 1.165) is 16.6 Å². The summed E-state index contributed by atoms with van der Waals surface area (Å²) < 4.78 is 7.40. The van der Waals surface area contributed by atoms with Gasteiger partial charge in [0.1, 0.15) is 5.75 Å². The van der Waals surface area contributed by atoms with Crippen molar-refractivity contribution in [2.24, 2.45) is 4.99 Å². The Balaban J connectivity index is 1.70. The van der Waals surface area contributed by atoms with Gasteiger partial charge < -0.3 is 14.0 Å². The van der Waals surface area contributed by atoms with E-state index in [4.69, 9.17) is 9.73 Å². The number of ether oxygens (including phenoxy) is 1. The lowest BCUT2D eigenvalue weighted by Gasteiger charge is -2.17. The second-order valence-electron chi connectivity index (χ2n) is 5.44. The molecule has 0 fully saturated rings. The monoisotopic (exact) mass is 323 g/mol. The standard InChI is InChI=1S/C18H17N3OS/c1-20-16-7-6-15(22-2)12-17(16)23-18(20)19-13-8-10-21-9-4-3-5-14(21)11-13/h3-12,18H,1-2H3/b19-13+. The number of methoxy groups -OCH3 is 1. The van der Waals surface area contributed by atoms with Gasteiger partial charge in [-0.1, -0.05) is 17.8 Å². The van der Waals surface area contributed by atoms with Crippen LogP contribution in [0.5, 0.6) is 5.75 Å². The molecule has 1 unspecified atom stereocenters. The molecule has 0 bridgehead atoms. The lowest BCUT2D eigenvalue weighted by molar-refractivity contribution is 0.414. The van der Waals surface area contributed by atoms with Crippen LogP contribution in [0.15, 0.2) is 70.8 Å². The summed E-state index contributed by atoms with van der Waals surface area (Å²) in [6.45, 7) is 0. The van der Waals surface area contributed by atoms with Gasteiger partial charge in [-0.3, -0.25) is 0 Å². The van der Waals surface area contributed by atoms with E-state index in [1.807, 2.05) is 36.7 Å². The number of rotatable bonds is 2. The van der Waals surface area contributed by atoms with E-state index in [0.29, 0.717) is 0 Å². The highest BCUT2D eigenvalue weighted by atomic mass is 32.2. The zero-order valence-electron chi connectivity index (χ0n) is 13.0. The fraction of sp³-hybridized carbons (Fsp3) is 0.167. The number of hydrogen-bond donors (Lipinski definition) is 0. The van der Waals surface area contributed by atoms with E-state index in [1.54, 1.807) is 18.9 Å². The van der Waals surface area contributed by atoms with Crippen molar-refractivity contribution in [2.75, 3.05) is 19.1 Å². The van der Waals surface area contributed by atoms with Crippen molar-refractivity contribution in [3.63, 3.8) is 0 Å². The van der Waals surface area contributed by atoms with Gasteiger partial charge >= 0.3 is 0 Å². The van der Waals surface area contributed by atoms with E-state index >= 15 is 0 Å².